The minimum absolute atomic E-state index is 0.0185. The summed E-state index contributed by atoms with van der Waals surface area (Å²) in [6, 6.07) is 31.1. The molecule has 8 aliphatic heterocycles. The molecule has 5 fully saturated rings. The van der Waals surface area contributed by atoms with E-state index in [1.165, 1.54) is 85.3 Å². The quantitative estimate of drug-likeness (QED) is 0.0213. The number of hydrogen-bond donors (Lipinski definition) is 1. The van der Waals surface area contributed by atoms with Crippen molar-refractivity contribution in [3.8, 4) is 0 Å². The van der Waals surface area contributed by atoms with E-state index in [9.17, 15) is 48.5 Å². The van der Waals surface area contributed by atoms with E-state index in [1.54, 1.807) is 48.8 Å². The van der Waals surface area contributed by atoms with Gasteiger partial charge in [0.15, 0.2) is 12.1 Å². The summed E-state index contributed by atoms with van der Waals surface area (Å²) in [5.74, 6) is 5.45. The summed E-state index contributed by atoms with van der Waals surface area (Å²) >= 11 is 0. The molecule has 0 bridgehead atoms. The number of fused-ring (bicyclic) bond motifs is 3. The van der Waals surface area contributed by atoms with Crippen LogP contribution in [0.3, 0.4) is 0 Å². The Morgan fingerprint density at radius 3 is 1.37 bits per heavy atom. The number of carbonyl (C=O) groups excluding carboxylic acids is 8. The normalized spacial score (nSPS) is 20.2. The first kappa shape index (κ1) is 84.6. The van der Waals surface area contributed by atoms with Crippen molar-refractivity contribution in [1.82, 2.24) is 24.5 Å². The molecule has 0 radical (unpaired) electrons. The summed E-state index contributed by atoms with van der Waals surface area (Å²) in [4.78, 5) is 117. The molecular formula is C84H119N9O12. The third-order valence-electron chi connectivity index (χ3n) is 22.2. The van der Waals surface area contributed by atoms with Gasteiger partial charge in [0, 0.05) is 157 Å². The zero-order chi connectivity index (χ0) is 75.8. The second-order valence-corrected chi connectivity index (χ2v) is 29.8. The largest absolute Gasteiger partial charge is 0.384 e. The Hall–Kier alpha value is -7.63. The van der Waals surface area contributed by atoms with Gasteiger partial charge >= 0.3 is 0 Å². The summed E-state index contributed by atoms with van der Waals surface area (Å²) in [5.41, 5.74) is 7.97. The first-order chi connectivity index (χ1) is 50.6. The minimum atomic E-state index is -0.460. The molecule has 12 rings (SSSR count). The van der Waals surface area contributed by atoms with Crippen LogP contribution in [-0.2, 0) is 43.0 Å². The number of ketones is 6. The van der Waals surface area contributed by atoms with Gasteiger partial charge < -0.3 is 49.0 Å². The minimum Gasteiger partial charge on any atom is -0.384 e. The summed E-state index contributed by atoms with van der Waals surface area (Å²) in [6.45, 7) is 29.7. The Kier molecular flexibility index (Phi) is 35.9. The van der Waals surface area contributed by atoms with E-state index in [4.69, 9.17) is 9.47 Å². The van der Waals surface area contributed by atoms with Gasteiger partial charge in [0.25, 0.3) is 11.6 Å². The van der Waals surface area contributed by atoms with E-state index in [-0.39, 0.29) is 52.9 Å². The predicted molar refractivity (Wildman–Crippen MR) is 416 cm³/mol. The lowest BCUT2D eigenvalue weighted by Gasteiger charge is -2.35. The Morgan fingerprint density at radius 2 is 0.933 bits per heavy atom. The van der Waals surface area contributed by atoms with Gasteiger partial charge in [-0.2, -0.15) is 0 Å². The van der Waals surface area contributed by atoms with Crippen molar-refractivity contribution < 1.29 is 52.8 Å². The number of aldehydes is 1. The molecule has 21 nitrogen and oxygen atoms in total. The Bertz CT molecular complexity index is 3460. The molecule has 8 aliphatic rings. The highest BCUT2D eigenvalue weighted by Gasteiger charge is 2.39. The number of piperidine rings is 5. The number of rotatable bonds is 25. The lowest BCUT2D eigenvalue weighted by atomic mass is 9.81. The first-order valence-corrected chi connectivity index (χ1v) is 38.4. The van der Waals surface area contributed by atoms with Gasteiger partial charge in [0.05, 0.1) is 10.6 Å². The highest BCUT2D eigenvalue weighted by molar-refractivity contribution is 6.07. The van der Waals surface area contributed by atoms with Gasteiger partial charge in [0.1, 0.15) is 35.2 Å². The zero-order valence-electron chi connectivity index (χ0n) is 64.0. The molecule has 105 heavy (non-hydrogen) atoms. The number of Topliss-reactive ketones (excluding diaryl/α,β-unsaturated/α-hetero) is 5. The van der Waals surface area contributed by atoms with Crippen molar-refractivity contribution in [1.29, 1.82) is 0 Å². The van der Waals surface area contributed by atoms with Gasteiger partial charge in [-0.05, 0) is 242 Å². The third kappa shape index (κ3) is 27.6. The van der Waals surface area contributed by atoms with Crippen molar-refractivity contribution in [3.05, 3.63) is 142 Å². The van der Waals surface area contributed by atoms with Crippen molar-refractivity contribution >= 4 is 75.9 Å². The van der Waals surface area contributed by atoms with Crippen LogP contribution in [0.5, 0.6) is 0 Å². The van der Waals surface area contributed by atoms with Gasteiger partial charge in [-0.1, -0.05) is 61.2 Å². The van der Waals surface area contributed by atoms with Crippen molar-refractivity contribution in [2.75, 3.05) is 136 Å². The SMILES string of the molecule is C=CC(C)=O.CC(=O)CCN1CCC(C2C=Nc3ccccc32)CC1.CC(=O)CCN1CCC(C2CN(C(=O)c3ccc([N+](=O)[O-])cc3)c3ccccc32)CC1.CC(=O)CCN1CCC(C2CNc3ccccc32)CC1.CC(=O)CCN1CCC(C=O)CC1.COC(OC)C1CCN(CCC(C)=O)CC1. The van der Waals surface area contributed by atoms with Crippen LogP contribution in [0.25, 0.3) is 0 Å². The molecular weight excluding hydrogens is 1330 g/mol. The molecule has 0 aromatic heterocycles. The van der Waals surface area contributed by atoms with Crippen molar-refractivity contribution in [2.24, 2.45) is 34.6 Å². The van der Waals surface area contributed by atoms with E-state index in [0.717, 1.165) is 167 Å². The smallest absolute Gasteiger partial charge is 0.269 e. The van der Waals surface area contributed by atoms with Crippen molar-refractivity contribution in [3.63, 3.8) is 0 Å². The van der Waals surface area contributed by atoms with E-state index in [0.29, 0.717) is 85.4 Å². The van der Waals surface area contributed by atoms with Gasteiger partial charge in [-0.25, -0.2) is 0 Å². The fraction of sp³-hybridized carbons (Fsp3) is 0.583. The Labute approximate surface area is 624 Å². The number of nitro groups is 1. The maximum Gasteiger partial charge on any atom is 0.269 e. The number of non-ortho nitro benzene ring substituents is 1. The molecule has 0 spiro atoms. The van der Waals surface area contributed by atoms with E-state index in [2.05, 4.69) is 102 Å². The van der Waals surface area contributed by atoms with Crippen LogP contribution >= 0.6 is 0 Å². The maximum atomic E-state index is 13.2. The number of nitrogens with one attached hydrogen (secondary N) is 1. The second kappa shape index (κ2) is 44.5. The van der Waals surface area contributed by atoms with E-state index >= 15 is 0 Å². The number of hydrogen-bond acceptors (Lipinski definition) is 19. The fourth-order valence-electron chi connectivity index (χ4n) is 15.7. The molecule has 21 heteroatoms. The van der Waals surface area contributed by atoms with Gasteiger partial charge in [-0.3, -0.25) is 48.7 Å². The number of nitrogens with zero attached hydrogens (tertiary/aromatic N) is 8. The number of carbonyl (C=O) groups is 8. The summed E-state index contributed by atoms with van der Waals surface area (Å²) in [7, 11) is 3.38. The Balaban J connectivity index is 0.000000186. The Morgan fingerprint density at radius 1 is 0.533 bits per heavy atom. The van der Waals surface area contributed by atoms with Crippen molar-refractivity contribution in [2.45, 2.75) is 162 Å². The molecule has 4 aromatic rings. The standard InChI is InChI=1S/C24H27N3O4.C17H24N2O.C17H22N2O.C12H23NO3.C10H17NO2.C4H6O/c1-17(28)10-13-25-14-11-18(12-15-25)22-16-26(23-5-3-2-4-21(22)23)24(29)19-6-8-20(9-7-19)27(30)31;2*1-13(20)6-9-19-10-7-14(8-11-19)16-12-18-17-5-3-2-4-15(16)17;1-10(14)4-7-13-8-5-11(6-9-13)12(15-2)16-3;1-9(13)2-5-11-6-3-10(8-12)4-7-11;1-3-4(2)5/h2-9,18,22H,10-16H2,1H3;2-5,14,16,18H,6-12H2,1H3;2-5,12,14,16H,6-11H2,1H3;11-12H,4-9H2,1-3H3;8,10H,2-7H2,1H3;3H,1H2,2H3. The number of nitro benzene ring substituents is 1. The lowest BCUT2D eigenvalue weighted by Crippen LogP contribution is -2.39. The molecule has 5 saturated heterocycles. The monoisotopic (exact) mass is 1450 g/mol. The molecule has 1 N–H and O–H groups in total. The van der Waals surface area contributed by atoms with Crippen LogP contribution in [0.2, 0.25) is 0 Å². The molecule has 3 atom stereocenters. The van der Waals surface area contributed by atoms with Crippen LogP contribution in [0.1, 0.15) is 183 Å². The average molecular weight is 1450 g/mol. The molecule has 8 heterocycles. The lowest BCUT2D eigenvalue weighted by molar-refractivity contribution is -0.384. The third-order valence-corrected chi connectivity index (χ3v) is 22.2. The van der Waals surface area contributed by atoms with Crippen LogP contribution < -0.4 is 10.2 Å². The maximum absolute atomic E-state index is 13.2. The average Bonchev–Trinajstić information content (AvgIpc) is 1.63. The molecule has 0 aliphatic carbocycles. The predicted octanol–water partition coefficient (Wildman–Crippen LogP) is 13.0. The highest BCUT2D eigenvalue weighted by atomic mass is 16.7. The number of benzene rings is 4. The summed E-state index contributed by atoms with van der Waals surface area (Å²) in [5, 5.41) is 14.4. The molecule has 572 valence electrons. The molecule has 4 aromatic carbocycles. The fourth-order valence-corrected chi connectivity index (χ4v) is 15.7. The zero-order valence-corrected chi connectivity index (χ0v) is 64.0. The number of para-hydroxylation sites is 3. The summed E-state index contributed by atoms with van der Waals surface area (Å²) in [6.07, 6.45) is 18.9. The van der Waals surface area contributed by atoms with Crippen LogP contribution in [0.15, 0.2) is 115 Å². The van der Waals surface area contributed by atoms with Gasteiger partial charge in [-0.15, -0.1) is 0 Å². The van der Waals surface area contributed by atoms with E-state index in [1.807, 2.05) is 23.1 Å². The molecule has 1 amide bonds. The highest BCUT2D eigenvalue weighted by Crippen LogP contribution is 2.45. The number of ether oxygens (including phenoxy) is 2. The number of methoxy groups -OCH3 is 2. The van der Waals surface area contributed by atoms with E-state index < -0.39 is 4.92 Å². The number of aliphatic imine (C=N–C) groups is 1. The summed E-state index contributed by atoms with van der Waals surface area (Å²) < 4.78 is 10.6. The molecule has 3 unspecified atom stereocenters. The topological polar surface area (TPSA) is 242 Å². The number of anilines is 2. The molecule has 0 saturated carbocycles. The van der Waals surface area contributed by atoms with Crippen LogP contribution in [-0.4, -0.2) is 214 Å². The number of likely N-dealkylation sites (tertiary alicyclic amines) is 5. The number of allylic oxidation sites excluding steroid dienone is 1. The van der Waals surface area contributed by atoms with Gasteiger partial charge in [0.2, 0.25) is 0 Å². The van der Waals surface area contributed by atoms with Crippen LogP contribution in [0, 0.1) is 39.7 Å². The number of amides is 1. The second-order valence-electron chi connectivity index (χ2n) is 29.8. The van der Waals surface area contributed by atoms with Crippen LogP contribution in [0.4, 0.5) is 22.7 Å². The first-order valence-electron chi connectivity index (χ1n) is 38.4.